The topological polar surface area (TPSA) is 77.0 Å². The quantitative estimate of drug-likeness (QED) is 0.765. The van der Waals surface area contributed by atoms with Crippen molar-refractivity contribution in [2.75, 3.05) is 13.6 Å². The van der Waals surface area contributed by atoms with Gasteiger partial charge in [0.2, 0.25) is 5.89 Å². The number of rotatable bonds is 5. The third-order valence-corrected chi connectivity index (χ3v) is 2.27. The van der Waals surface area contributed by atoms with Crippen molar-refractivity contribution in [3.8, 4) is 11.5 Å². The number of nitrogens with one attached hydrogen (secondary N) is 1. The first-order chi connectivity index (χ1) is 7.81. The fourth-order valence-electron chi connectivity index (χ4n) is 1.38. The summed E-state index contributed by atoms with van der Waals surface area (Å²) in [5.41, 5.74) is 0.757. The molecule has 0 saturated carbocycles. The molecule has 0 saturated heterocycles. The molecule has 0 bridgehead atoms. The maximum absolute atomic E-state index is 5.51. The van der Waals surface area contributed by atoms with Gasteiger partial charge in [-0.25, -0.2) is 0 Å². The van der Waals surface area contributed by atoms with E-state index >= 15 is 0 Å². The average Bonchev–Trinajstić information content (AvgIpc) is 2.87. The van der Waals surface area contributed by atoms with Gasteiger partial charge >= 0.3 is 0 Å². The second-order valence-electron chi connectivity index (χ2n) is 3.50. The molecule has 0 unspecified atom stereocenters. The van der Waals surface area contributed by atoms with Gasteiger partial charge in [0.1, 0.15) is 11.3 Å². The van der Waals surface area contributed by atoms with Gasteiger partial charge in [0.05, 0.1) is 6.20 Å². The molecule has 0 fully saturated rings. The Morgan fingerprint density at radius 2 is 2.25 bits per heavy atom. The lowest BCUT2D eigenvalue weighted by atomic mass is 10.3. The molecule has 2 rings (SSSR count). The van der Waals surface area contributed by atoms with E-state index in [9.17, 15) is 0 Å². The summed E-state index contributed by atoms with van der Waals surface area (Å²) in [5, 5.41) is 14.7. The molecule has 1 N–H and O–H groups in total. The monoisotopic (exact) mass is 222 g/mol. The van der Waals surface area contributed by atoms with Gasteiger partial charge in [-0.1, -0.05) is 5.16 Å². The van der Waals surface area contributed by atoms with Crippen molar-refractivity contribution < 1.29 is 8.94 Å². The molecule has 86 valence electrons. The molecular weight excluding hydrogens is 208 g/mol. The number of aromatic nitrogens is 3. The summed E-state index contributed by atoms with van der Waals surface area (Å²) in [6.45, 7) is 2.75. The second-order valence-corrected chi connectivity index (χ2v) is 3.50. The van der Waals surface area contributed by atoms with Crippen molar-refractivity contribution in [2.24, 2.45) is 0 Å². The molecule has 6 nitrogen and oxygen atoms in total. The van der Waals surface area contributed by atoms with Gasteiger partial charge in [0.25, 0.3) is 5.89 Å². The number of nitrogens with zero attached hydrogens (tertiary/aromatic N) is 3. The maximum Gasteiger partial charge on any atom is 0.252 e. The molecule has 0 spiro atoms. The van der Waals surface area contributed by atoms with E-state index in [1.54, 1.807) is 6.20 Å². The number of hydrogen-bond acceptors (Lipinski definition) is 6. The van der Waals surface area contributed by atoms with Gasteiger partial charge in [-0.05, 0) is 26.9 Å². The highest BCUT2D eigenvalue weighted by atomic mass is 16.5. The van der Waals surface area contributed by atoms with Crippen LogP contribution in [0.1, 0.15) is 18.1 Å². The van der Waals surface area contributed by atoms with E-state index in [2.05, 4.69) is 20.7 Å². The van der Waals surface area contributed by atoms with E-state index in [1.165, 1.54) is 0 Å². The molecule has 0 aromatic carbocycles. The summed E-state index contributed by atoms with van der Waals surface area (Å²) >= 11 is 0. The van der Waals surface area contributed by atoms with Crippen LogP contribution in [0.15, 0.2) is 15.1 Å². The Labute approximate surface area is 93.0 Å². The van der Waals surface area contributed by atoms with Crippen LogP contribution in [-0.4, -0.2) is 28.9 Å². The molecule has 16 heavy (non-hydrogen) atoms. The van der Waals surface area contributed by atoms with Crippen LogP contribution in [0.3, 0.4) is 0 Å². The smallest absolute Gasteiger partial charge is 0.252 e. The van der Waals surface area contributed by atoms with Crippen LogP contribution in [0, 0.1) is 6.92 Å². The summed E-state index contributed by atoms with van der Waals surface area (Å²) in [4.78, 5) is 0. The molecule has 2 aromatic heterocycles. The van der Waals surface area contributed by atoms with Crippen molar-refractivity contribution in [1.29, 1.82) is 0 Å². The normalized spacial score (nSPS) is 10.9. The Bertz CT molecular complexity index is 449. The third kappa shape index (κ3) is 2.27. The first-order valence-corrected chi connectivity index (χ1v) is 5.20. The predicted molar refractivity (Wildman–Crippen MR) is 56.8 cm³/mol. The molecule has 0 amide bonds. The van der Waals surface area contributed by atoms with Crippen LogP contribution in [0.5, 0.6) is 0 Å². The Morgan fingerprint density at radius 1 is 1.38 bits per heavy atom. The minimum atomic E-state index is 0.471. The highest BCUT2D eigenvalue weighted by molar-refractivity contribution is 5.52. The van der Waals surface area contributed by atoms with E-state index < -0.39 is 0 Å². The largest absolute Gasteiger partial charge is 0.421 e. The van der Waals surface area contributed by atoms with Crippen LogP contribution in [-0.2, 0) is 6.42 Å². The molecule has 2 aromatic rings. The van der Waals surface area contributed by atoms with Crippen LogP contribution >= 0.6 is 0 Å². The maximum atomic E-state index is 5.51. The molecule has 0 radical (unpaired) electrons. The van der Waals surface area contributed by atoms with E-state index in [4.69, 9.17) is 8.94 Å². The fourth-order valence-corrected chi connectivity index (χ4v) is 1.38. The zero-order chi connectivity index (χ0) is 11.4. The van der Waals surface area contributed by atoms with Gasteiger partial charge < -0.3 is 14.3 Å². The second kappa shape index (κ2) is 4.89. The lowest BCUT2D eigenvalue weighted by Gasteiger charge is -1.94. The zero-order valence-corrected chi connectivity index (χ0v) is 9.36. The Balaban J connectivity index is 2.05. The van der Waals surface area contributed by atoms with Crippen LogP contribution < -0.4 is 5.32 Å². The number of aryl methyl sites for hydroxylation is 2. The highest BCUT2D eigenvalue weighted by Crippen LogP contribution is 2.21. The SMILES string of the molecule is CNCCCc1nnc(-c2cnoc2C)o1. The molecule has 6 heteroatoms. The van der Waals surface area contributed by atoms with Crippen molar-refractivity contribution in [2.45, 2.75) is 19.8 Å². The summed E-state index contributed by atoms with van der Waals surface area (Å²) in [6.07, 6.45) is 3.33. The standard InChI is InChI=1S/C10H14N4O2/c1-7-8(6-12-16-7)10-14-13-9(15-10)4-3-5-11-2/h6,11H,3-5H2,1-2H3. The first-order valence-electron chi connectivity index (χ1n) is 5.20. The van der Waals surface area contributed by atoms with Gasteiger partial charge in [0.15, 0.2) is 0 Å². The van der Waals surface area contributed by atoms with E-state index in [-0.39, 0.29) is 0 Å². The molecule has 0 aliphatic rings. The van der Waals surface area contributed by atoms with Crippen molar-refractivity contribution in [3.63, 3.8) is 0 Å². The molecular formula is C10H14N4O2. The van der Waals surface area contributed by atoms with Crippen LogP contribution in [0.25, 0.3) is 11.5 Å². The van der Waals surface area contributed by atoms with Crippen LogP contribution in [0.4, 0.5) is 0 Å². The minimum Gasteiger partial charge on any atom is -0.421 e. The van der Waals surface area contributed by atoms with E-state index in [0.29, 0.717) is 17.5 Å². The van der Waals surface area contributed by atoms with Crippen LogP contribution in [0.2, 0.25) is 0 Å². The Hall–Kier alpha value is -1.69. The summed E-state index contributed by atoms with van der Waals surface area (Å²) in [5.74, 6) is 1.80. The number of hydrogen-bond donors (Lipinski definition) is 1. The summed E-state index contributed by atoms with van der Waals surface area (Å²) in [7, 11) is 1.92. The van der Waals surface area contributed by atoms with Gasteiger partial charge in [-0.3, -0.25) is 0 Å². The summed E-state index contributed by atoms with van der Waals surface area (Å²) < 4.78 is 10.4. The van der Waals surface area contributed by atoms with Gasteiger partial charge in [0, 0.05) is 6.42 Å². The van der Waals surface area contributed by atoms with E-state index in [1.807, 2.05) is 14.0 Å². The van der Waals surface area contributed by atoms with Gasteiger partial charge in [-0.2, -0.15) is 0 Å². The van der Waals surface area contributed by atoms with Gasteiger partial charge in [-0.15, -0.1) is 10.2 Å². The lowest BCUT2D eigenvalue weighted by Crippen LogP contribution is -2.08. The Morgan fingerprint density at radius 3 is 2.94 bits per heavy atom. The molecule has 2 heterocycles. The van der Waals surface area contributed by atoms with Crippen molar-refractivity contribution in [1.82, 2.24) is 20.7 Å². The molecule has 0 aliphatic carbocycles. The minimum absolute atomic E-state index is 0.471. The predicted octanol–water partition coefficient (Wildman–Crippen LogP) is 1.19. The Kier molecular flexibility index (Phi) is 3.31. The first kappa shape index (κ1) is 10.8. The highest BCUT2D eigenvalue weighted by Gasteiger charge is 2.13. The molecule has 0 atom stereocenters. The summed E-state index contributed by atoms with van der Waals surface area (Å²) in [6, 6.07) is 0. The van der Waals surface area contributed by atoms with E-state index in [0.717, 1.165) is 24.9 Å². The molecule has 0 aliphatic heterocycles. The zero-order valence-electron chi connectivity index (χ0n) is 9.36. The van der Waals surface area contributed by atoms with Crippen molar-refractivity contribution in [3.05, 3.63) is 17.8 Å². The van der Waals surface area contributed by atoms with Crippen molar-refractivity contribution >= 4 is 0 Å². The lowest BCUT2D eigenvalue weighted by molar-refractivity contribution is 0.397. The average molecular weight is 222 g/mol. The fraction of sp³-hybridized carbons (Fsp3) is 0.500. The third-order valence-electron chi connectivity index (χ3n) is 2.27.